The third-order valence-electron chi connectivity index (χ3n) is 2.49. The molecular formula is C11H9ClF3N3O. The highest BCUT2D eigenvalue weighted by molar-refractivity contribution is 6.33. The van der Waals surface area contributed by atoms with E-state index in [2.05, 4.69) is 20.3 Å². The average Bonchev–Trinajstić information content (AvgIpc) is 2.72. The van der Waals surface area contributed by atoms with Crippen LogP contribution in [-0.2, 0) is 12.7 Å². The molecule has 0 amide bonds. The van der Waals surface area contributed by atoms with E-state index in [1.807, 2.05) is 0 Å². The first-order valence-electron chi connectivity index (χ1n) is 5.26. The Bertz CT molecular complexity index is 583. The molecule has 1 N–H and O–H groups in total. The van der Waals surface area contributed by atoms with Gasteiger partial charge in [0.1, 0.15) is 11.4 Å². The molecule has 1 aromatic heterocycles. The van der Waals surface area contributed by atoms with Crippen molar-refractivity contribution in [1.82, 2.24) is 10.3 Å². The van der Waals surface area contributed by atoms with Crippen molar-refractivity contribution in [2.45, 2.75) is 19.6 Å². The van der Waals surface area contributed by atoms with Gasteiger partial charge in [-0.05, 0) is 25.1 Å². The van der Waals surface area contributed by atoms with Crippen LogP contribution in [0.4, 0.5) is 18.9 Å². The van der Waals surface area contributed by atoms with Crippen molar-refractivity contribution in [2.24, 2.45) is 0 Å². The van der Waals surface area contributed by atoms with Crippen LogP contribution in [0.1, 0.15) is 17.0 Å². The predicted molar refractivity (Wildman–Crippen MR) is 62.8 cm³/mol. The Balaban J connectivity index is 2.18. The molecule has 2 aromatic rings. The molecule has 0 aliphatic rings. The summed E-state index contributed by atoms with van der Waals surface area (Å²) in [5.41, 5.74) is 0.484. The van der Waals surface area contributed by atoms with Gasteiger partial charge in [0.25, 0.3) is 0 Å². The number of halogens is 4. The molecule has 0 aliphatic heterocycles. The third kappa shape index (κ3) is 3.17. The summed E-state index contributed by atoms with van der Waals surface area (Å²) in [6.45, 7) is 1.86. The molecule has 8 heteroatoms. The van der Waals surface area contributed by atoms with Crippen molar-refractivity contribution in [3.63, 3.8) is 0 Å². The molecule has 0 fully saturated rings. The van der Waals surface area contributed by atoms with Crippen LogP contribution in [0.15, 0.2) is 22.8 Å². The number of hydrogen-bond acceptors (Lipinski definition) is 4. The first kappa shape index (κ1) is 13.7. The zero-order valence-electron chi connectivity index (χ0n) is 9.75. The van der Waals surface area contributed by atoms with Gasteiger partial charge in [-0.25, -0.2) is 4.63 Å². The van der Waals surface area contributed by atoms with Gasteiger partial charge in [0.05, 0.1) is 22.8 Å². The van der Waals surface area contributed by atoms with Crippen LogP contribution in [0.25, 0.3) is 0 Å². The molecule has 0 aliphatic carbocycles. The van der Waals surface area contributed by atoms with Crippen LogP contribution in [-0.4, -0.2) is 10.3 Å². The predicted octanol–water partition coefficient (Wildman–Crippen LogP) is 3.66. The molecule has 2 rings (SSSR count). The second-order valence-corrected chi connectivity index (χ2v) is 4.25. The molecule has 0 saturated carbocycles. The minimum Gasteiger partial charge on any atom is -0.378 e. The maximum absolute atomic E-state index is 12.6. The van der Waals surface area contributed by atoms with Crippen LogP contribution < -0.4 is 5.32 Å². The fourth-order valence-electron chi connectivity index (χ4n) is 1.43. The van der Waals surface area contributed by atoms with E-state index in [0.717, 1.165) is 12.1 Å². The normalized spacial score (nSPS) is 11.6. The topological polar surface area (TPSA) is 51.0 Å². The Labute approximate surface area is 111 Å². The number of aryl methyl sites for hydroxylation is 1. The van der Waals surface area contributed by atoms with E-state index in [0.29, 0.717) is 11.4 Å². The first-order chi connectivity index (χ1) is 8.88. The summed E-state index contributed by atoms with van der Waals surface area (Å²) in [5.74, 6) is 0. The summed E-state index contributed by atoms with van der Waals surface area (Å²) < 4.78 is 42.2. The van der Waals surface area contributed by atoms with Crippen LogP contribution >= 0.6 is 11.6 Å². The number of rotatable bonds is 3. The van der Waals surface area contributed by atoms with E-state index in [1.165, 1.54) is 6.07 Å². The lowest BCUT2D eigenvalue weighted by molar-refractivity contribution is -0.137. The van der Waals surface area contributed by atoms with Crippen LogP contribution in [0.5, 0.6) is 0 Å². The second-order valence-electron chi connectivity index (χ2n) is 3.84. The number of anilines is 1. The lowest BCUT2D eigenvalue weighted by Crippen LogP contribution is -2.07. The molecule has 102 valence electrons. The summed E-state index contributed by atoms with van der Waals surface area (Å²) in [6.07, 6.45) is -4.41. The Hall–Kier alpha value is -1.76. The van der Waals surface area contributed by atoms with Gasteiger partial charge in [-0.1, -0.05) is 21.9 Å². The van der Waals surface area contributed by atoms with E-state index >= 15 is 0 Å². The zero-order chi connectivity index (χ0) is 14.0. The standard InChI is InChI=1S/C11H9ClF3N3O/c1-6-10(18-19-17-6)5-16-9-4-7(11(13,14)15)2-3-8(9)12/h2-4,16H,5H2,1H3. The van der Waals surface area contributed by atoms with Gasteiger partial charge in [-0.3, -0.25) is 0 Å². The highest BCUT2D eigenvalue weighted by atomic mass is 35.5. The van der Waals surface area contributed by atoms with Gasteiger partial charge in [0, 0.05) is 0 Å². The average molecular weight is 292 g/mol. The van der Waals surface area contributed by atoms with Gasteiger partial charge in [-0.15, -0.1) is 0 Å². The van der Waals surface area contributed by atoms with Gasteiger partial charge in [-0.2, -0.15) is 13.2 Å². The number of nitrogens with one attached hydrogen (secondary N) is 1. The number of benzene rings is 1. The first-order valence-corrected chi connectivity index (χ1v) is 5.64. The van der Waals surface area contributed by atoms with E-state index in [-0.39, 0.29) is 17.3 Å². The minimum absolute atomic E-state index is 0.177. The van der Waals surface area contributed by atoms with E-state index in [1.54, 1.807) is 6.92 Å². The fraction of sp³-hybridized carbons (Fsp3) is 0.273. The number of aromatic nitrogens is 2. The van der Waals surface area contributed by atoms with Crippen LogP contribution in [0.3, 0.4) is 0 Å². The molecule has 0 saturated heterocycles. The van der Waals surface area contributed by atoms with Crippen molar-refractivity contribution in [3.8, 4) is 0 Å². The second kappa shape index (κ2) is 5.08. The van der Waals surface area contributed by atoms with Crippen molar-refractivity contribution in [1.29, 1.82) is 0 Å². The Morgan fingerprint density at radius 1 is 1.32 bits per heavy atom. The fourth-order valence-corrected chi connectivity index (χ4v) is 1.61. The molecule has 0 spiro atoms. The lowest BCUT2D eigenvalue weighted by atomic mass is 10.2. The number of nitrogens with zero attached hydrogens (tertiary/aromatic N) is 2. The Kier molecular flexibility index (Phi) is 3.66. The summed E-state index contributed by atoms with van der Waals surface area (Å²) in [6, 6.07) is 3.07. The quantitative estimate of drug-likeness (QED) is 0.937. The van der Waals surface area contributed by atoms with Crippen LogP contribution in [0.2, 0.25) is 5.02 Å². The molecule has 0 radical (unpaired) electrons. The van der Waals surface area contributed by atoms with Crippen molar-refractivity contribution < 1.29 is 17.8 Å². The van der Waals surface area contributed by atoms with Crippen molar-refractivity contribution in [2.75, 3.05) is 5.32 Å². The molecule has 0 bridgehead atoms. The van der Waals surface area contributed by atoms with Gasteiger partial charge >= 0.3 is 6.18 Å². The Morgan fingerprint density at radius 3 is 2.63 bits per heavy atom. The molecular weight excluding hydrogens is 283 g/mol. The molecule has 1 heterocycles. The van der Waals surface area contributed by atoms with E-state index < -0.39 is 11.7 Å². The van der Waals surface area contributed by atoms with Crippen molar-refractivity contribution in [3.05, 3.63) is 40.2 Å². The van der Waals surface area contributed by atoms with Gasteiger partial charge < -0.3 is 5.32 Å². The Morgan fingerprint density at radius 2 is 2.05 bits per heavy atom. The lowest BCUT2D eigenvalue weighted by Gasteiger charge is -2.11. The maximum atomic E-state index is 12.6. The monoisotopic (exact) mass is 291 g/mol. The van der Waals surface area contributed by atoms with Gasteiger partial charge in [0.2, 0.25) is 0 Å². The molecule has 0 unspecified atom stereocenters. The number of hydrogen-bond donors (Lipinski definition) is 1. The molecule has 19 heavy (non-hydrogen) atoms. The van der Waals surface area contributed by atoms with E-state index in [9.17, 15) is 13.2 Å². The molecule has 1 aromatic carbocycles. The van der Waals surface area contributed by atoms with Gasteiger partial charge in [0.15, 0.2) is 0 Å². The minimum atomic E-state index is -4.41. The highest BCUT2D eigenvalue weighted by Crippen LogP contribution is 2.33. The smallest absolute Gasteiger partial charge is 0.378 e. The molecule has 0 atom stereocenters. The molecule has 4 nitrogen and oxygen atoms in total. The maximum Gasteiger partial charge on any atom is 0.416 e. The summed E-state index contributed by atoms with van der Waals surface area (Å²) in [4.78, 5) is 0. The van der Waals surface area contributed by atoms with Crippen LogP contribution in [0, 0.1) is 6.92 Å². The zero-order valence-corrected chi connectivity index (χ0v) is 10.5. The summed E-state index contributed by atoms with van der Waals surface area (Å²) >= 11 is 5.84. The summed E-state index contributed by atoms with van der Waals surface area (Å²) in [7, 11) is 0. The third-order valence-corrected chi connectivity index (χ3v) is 2.82. The number of alkyl halides is 3. The SMILES string of the molecule is Cc1nonc1CNc1cc(C(F)(F)F)ccc1Cl. The van der Waals surface area contributed by atoms with E-state index in [4.69, 9.17) is 11.6 Å². The largest absolute Gasteiger partial charge is 0.416 e. The summed E-state index contributed by atoms with van der Waals surface area (Å²) in [5, 5.41) is 10.2. The van der Waals surface area contributed by atoms with Crippen molar-refractivity contribution >= 4 is 17.3 Å². The highest BCUT2D eigenvalue weighted by Gasteiger charge is 2.30.